The summed E-state index contributed by atoms with van der Waals surface area (Å²) in [7, 11) is 1.56. The molecule has 0 saturated carbocycles. The number of nitrogens with one attached hydrogen (secondary N) is 1. The maximum atomic E-state index is 13.9. The number of hydrogen-bond donors (Lipinski definition) is 2. The van der Waals surface area contributed by atoms with E-state index in [0.717, 1.165) is 5.56 Å². The molecular weight excluding hydrogens is 259 g/mol. The first kappa shape index (κ1) is 14.0. The molecule has 0 saturated heterocycles. The molecule has 0 spiro atoms. The Hall–Kier alpha value is -2.37. The average molecular weight is 276 g/mol. The van der Waals surface area contributed by atoms with E-state index >= 15 is 0 Å². The van der Waals surface area contributed by atoms with Gasteiger partial charge in [0.25, 0.3) is 0 Å². The quantitative estimate of drug-likeness (QED) is 0.820. The lowest BCUT2D eigenvalue weighted by atomic mass is 10.2. The molecule has 1 heterocycles. The van der Waals surface area contributed by atoms with Crippen LogP contribution in [0.1, 0.15) is 18.2 Å². The van der Waals surface area contributed by atoms with E-state index in [1.54, 1.807) is 19.2 Å². The van der Waals surface area contributed by atoms with Crippen molar-refractivity contribution < 1.29 is 9.13 Å². The highest BCUT2D eigenvalue weighted by Crippen LogP contribution is 2.22. The van der Waals surface area contributed by atoms with Crippen LogP contribution in [-0.2, 0) is 13.0 Å². The molecule has 0 aliphatic rings. The molecule has 0 amide bonds. The Morgan fingerprint density at radius 2 is 2.15 bits per heavy atom. The first-order chi connectivity index (χ1) is 9.65. The molecule has 0 aliphatic carbocycles. The molecule has 106 valence electrons. The molecule has 2 rings (SSSR count). The molecule has 0 atom stereocenters. The third-order valence-corrected chi connectivity index (χ3v) is 2.95. The van der Waals surface area contributed by atoms with Crippen molar-refractivity contribution in [3.05, 3.63) is 41.6 Å². The smallest absolute Gasteiger partial charge is 0.186 e. The van der Waals surface area contributed by atoms with E-state index in [0.29, 0.717) is 30.1 Å². The number of benzene rings is 1. The van der Waals surface area contributed by atoms with Gasteiger partial charge in [-0.1, -0.05) is 13.0 Å². The van der Waals surface area contributed by atoms with Crippen LogP contribution in [0.25, 0.3) is 0 Å². The Kier molecular flexibility index (Phi) is 4.34. The Labute approximate surface area is 117 Å². The molecule has 20 heavy (non-hydrogen) atoms. The van der Waals surface area contributed by atoms with Crippen LogP contribution in [0.5, 0.6) is 5.75 Å². The standard InChI is InChI=1S/C14H17FN4O/c1-3-11-13(15)14(19-8-18-11)17-7-9-4-5-12(20-2)10(16)6-9/h4-6,8H,3,7,16H2,1-2H3,(H,17,18,19). The second-order valence-corrected chi connectivity index (χ2v) is 4.27. The number of halogens is 1. The summed E-state index contributed by atoms with van der Waals surface area (Å²) in [6, 6.07) is 5.42. The normalized spacial score (nSPS) is 10.3. The lowest BCUT2D eigenvalue weighted by molar-refractivity contribution is 0.417. The number of nitrogens with zero attached hydrogens (tertiary/aromatic N) is 2. The van der Waals surface area contributed by atoms with Crippen LogP contribution < -0.4 is 15.8 Å². The SMILES string of the molecule is CCc1ncnc(NCc2ccc(OC)c(N)c2)c1F. The lowest BCUT2D eigenvalue weighted by Gasteiger charge is -2.10. The zero-order valence-electron chi connectivity index (χ0n) is 11.5. The van der Waals surface area contributed by atoms with Crippen molar-refractivity contribution in [2.75, 3.05) is 18.2 Å². The summed E-state index contributed by atoms with van der Waals surface area (Å²) in [6.45, 7) is 2.27. The minimum atomic E-state index is -0.406. The summed E-state index contributed by atoms with van der Waals surface area (Å²) in [5.41, 5.74) is 7.69. The van der Waals surface area contributed by atoms with E-state index < -0.39 is 5.82 Å². The van der Waals surface area contributed by atoms with Gasteiger partial charge in [-0.25, -0.2) is 14.4 Å². The summed E-state index contributed by atoms with van der Waals surface area (Å²) in [6.07, 6.45) is 1.88. The highest BCUT2D eigenvalue weighted by atomic mass is 19.1. The van der Waals surface area contributed by atoms with Crippen LogP contribution in [0.15, 0.2) is 24.5 Å². The highest BCUT2D eigenvalue weighted by molar-refractivity contribution is 5.54. The fourth-order valence-electron chi connectivity index (χ4n) is 1.86. The number of ether oxygens (including phenoxy) is 1. The van der Waals surface area contributed by atoms with Crippen LogP contribution >= 0.6 is 0 Å². The van der Waals surface area contributed by atoms with Gasteiger partial charge in [-0.3, -0.25) is 0 Å². The van der Waals surface area contributed by atoms with Crippen molar-refractivity contribution in [3.8, 4) is 5.75 Å². The molecule has 5 nitrogen and oxygen atoms in total. The van der Waals surface area contributed by atoms with E-state index in [9.17, 15) is 4.39 Å². The number of aromatic nitrogens is 2. The summed E-state index contributed by atoms with van der Waals surface area (Å²) < 4.78 is 19.0. The fraction of sp³-hybridized carbons (Fsp3) is 0.286. The van der Waals surface area contributed by atoms with Crippen LogP contribution in [0.2, 0.25) is 0 Å². The number of anilines is 2. The molecule has 6 heteroatoms. The number of rotatable bonds is 5. The van der Waals surface area contributed by atoms with E-state index in [2.05, 4.69) is 15.3 Å². The van der Waals surface area contributed by atoms with Gasteiger partial charge in [0, 0.05) is 6.54 Å². The number of methoxy groups -OCH3 is 1. The molecule has 0 bridgehead atoms. The van der Waals surface area contributed by atoms with Crippen LogP contribution in [-0.4, -0.2) is 17.1 Å². The molecule has 3 N–H and O–H groups in total. The summed E-state index contributed by atoms with van der Waals surface area (Å²) in [5.74, 6) is 0.415. The van der Waals surface area contributed by atoms with Crippen LogP contribution in [0.3, 0.4) is 0 Å². The van der Waals surface area contributed by atoms with E-state index in [1.165, 1.54) is 6.33 Å². The molecular formula is C14H17FN4O. The third kappa shape index (κ3) is 2.96. The molecule has 0 radical (unpaired) electrons. The molecule has 0 fully saturated rings. The van der Waals surface area contributed by atoms with Gasteiger partial charge >= 0.3 is 0 Å². The predicted molar refractivity (Wildman–Crippen MR) is 76.1 cm³/mol. The maximum Gasteiger partial charge on any atom is 0.186 e. The summed E-state index contributed by atoms with van der Waals surface area (Å²) in [5, 5.41) is 2.95. The van der Waals surface area contributed by atoms with Crippen molar-refractivity contribution in [2.45, 2.75) is 19.9 Å². The largest absolute Gasteiger partial charge is 0.495 e. The van der Waals surface area contributed by atoms with E-state index in [-0.39, 0.29) is 5.82 Å². The van der Waals surface area contributed by atoms with Gasteiger partial charge in [0.15, 0.2) is 11.6 Å². The van der Waals surface area contributed by atoms with Crippen molar-refractivity contribution >= 4 is 11.5 Å². The van der Waals surface area contributed by atoms with Gasteiger partial charge in [0.1, 0.15) is 12.1 Å². The van der Waals surface area contributed by atoms with Gasteiger partial charge in [-0.05, 0) is 24.1 Å². The number of aryl methyl sites for hydroxylation is 1. The van der Waals surface area contributed by atoms with Crippen LogP contribution in [0.4, 0.5) is 15.9 Å². The minimum absolute atomic E-state index is 0.200. The number of nitrogen functional groups attached to an aromatic ring is 1. The number of nitrogens with two attached hydrogens (primary N) is 1. The van der Waals surface area contributed by atoms with Gasteiger partial charge in [0.2, 0.25) is 0 Å². The Balaban J connectivity index is 2.11. The Bertz CT molecular complexity index is 604. The van der Waals surface area contributed by atoms with Crippen LogP contribution in [0, 0.1) is 5.82 Å². The van der Waals surface area contributed by atoms with Gasteiger partial charge in [-0.15, -0.1) is 0 Å². The van der Waals surface area contributed by atoms with E-state index in [1.807, 2.05) is 13.0 Å². The second-order valence-electron chi connectivity index (χ2n) is 4.27. The average Bonchev–Trinajstić information content (AvgIpc) is 2.46. The summed E-state index contributed by atoms with van der Waals surface area (Å²) in [4.78, 5) is 7.79. The summed E-state index contributed by atoms with van der Waals surface area (Å²) >= 11 is 0. The zero-order chi connectivity index (χ0) is 14.5. The first-order valence-electron chi connectivity index (χ1n) is 6.31. The van der Waals surface area contributed by atoms with Gasteiger partial charge in [-0.2, -0.15) is 0 Å². The van der Waals surface area contributed by atoms with Crippen molar-refractivity contribution in [1.29, 1.82) is 0 Å². The monoisotopic (exact) mass is 276 g/mol. The minimum Gasteiger partial charge on any atom is -0.495 e. The third-order valence-electron chi connectivity index (χ3n) is 2.95. The maximum absolute atomic E-state index is 13.9. The number of hydrogen-bond acceptors (Lipinski definition) is 5. The fourth-order valence-corrected chi connectivity index (χ4v) is 1.86. The topological polar surface area (TPSA) is 73.1 Å². The zero-order valence-corrected chi connectivity index (χ0v) is 11.5. The molecule has 1 aromatic heterocycles. The van der Waals surface area contributed by atoms with Crippen molar-refractivity contribution in [3.63, 3.8) is 0 Å². The molecule has 0 aliphatic heterocycles. The highest BCUT2D eigenvalue weighted by Gasteiger charge is 2.09. The molecule has 0 unspecified atom stereocenters. The van der Waals surface area contributed by atoms with E-state index in [4.69, 9.17) is 10.5 Å². The van der Waals surface area contributed by atoms with Gasteiger partial charge < -0.3 is 15.8 Å². The van der Waals surface area contributed by atoms with Crippen molar-refractivity contribution in [1.82, 2.24) is 9.97 Å². The predicted octanol–water partition coefficient (Wildman–Crippen LogP) is 2.38. The first-order valence-corrected chi connectivity index (χ1v) is 6.31. The van der Waals surface area contributed by atoms with Gasteiger partial charge in [0.05, 0.1) is 18.5 Å². The van der Waals surface area contributed by atoms with Crippen molar-refractivity contribution in [2.24, 2.45) is 0 Å². The Morgan fingerprint density at radius 3 is 2.80 bits per heavy atom. The Morgan fingerprint density at radius 1 is 1.35 bits per heavy atom. The molecule has 2 aromatic rings. The lowest BCUT2D eigenvalue weighted by Crippen LogP contribution is -2.07. The molecule has 1 aromatic carbocycles. The second kappa shape index (κ2) is 6.18.